The lowest BCUT2D eigenvalue weighted by Crippen LogP contribution is -2.36. The normalized spacial score (nSPS) is 12.6. The molecule has 0 saturated carbocycles. The van der Waals surface area contributed by atoms with Gasteiger partial charge in [-0.1, -0.05) is 26.0 Å². The summed E-state index contributed by atoms with van der Waals surface area (Å²) in [6.45, 7) is 3.70. The van der Waals surface area contributed by atoms with E-state index in [4.69, 9.17) is 16.3 Å². The Morgan fingerprint density at radius 1 is 1.38 bits per heavy atom. The molecule has 1 unspecified atom stereocenters. The number of fused-ring (bicyclic) bond motifs is 1. The van der Waals surface area contributed by atoms with Crippen LogP contribution in [0, 0.1) is 5.92 Å². The number of rotatable bonds is 4. The van der Waals surface area contributed by atoms with Gasteiger partial charge in [0.1, 0.15) is 11.9 Å². The summed E-state index contributed by atoms with van der Waals surface area (Å²) >= 11 is 5.93. The zero-order chi connectivity index (χ0) is 15.6. The quantitative estimate of drug-likeness (QED) is 0.643. The first-order chi connectivity index (χ1) is 10.0. The molecule has 2 rings (SSSR count). The van der Waals surface area contributed by atoms with Gasteiger partial charge < -0.3 is 4.74 Å². The van der Waals surface area contributed by atoms with Gasteiger partial charge in [0.15, 0.2) is 0 Å². The molecule has 0 aliphatic carbocycles. The first-order valence-electron chi connectivity index (χ1n) is 6.65. The Morgan fingerprint density at radius 3 is 2.62 bits per heavy atom. The number of hydrogen-bond acceptors (Lipinski definition) is 4. The Kier molecular flexibility index (Phi) is 4.63. The fourth-order valence-corrected chi connectivity index (χ4v) is 2.56. The molecule has 0 N–H and O–H groups in total. The van der Waals surface area contributed by atoms with Gasteiger partial charge in [-0.25, -0.2) is 9.78 Å². The van der Waals surface area contributed by atoms with Crippen molar-refractivity contribution in [3.63, 3.8) is 0 Å². The predicted octanol–water partition coefficient (Wildman–Crippen LogP) is 2.51. The lowest BCUT2D eigenvalue weighted by atomic mass is 10.0. The highest BCUT2D eigenvalue weighted by Gasteiger charge is 2.29. The summed E-state index contributed by atoms with van der Waals surface area (Å²) in [7, 11) is 1.30. The lowest BCUT2D eigenvalue weighted by molar-refractivity contribution is -0.146. The monoisotopic (exact) mass is 308 g/mol. The predicted molar refractivity (Wildman–Crippen MR) is 81.5 cm³/mol. The van der Waals surface area contributed by atoms with Gasteiger partial charge in [0.25, 0.3) is 5.56 Å². The van der Waals surface area contributed by atoms with E-state index in [0.29, 0.717) is 16.7 Å². The molecule has 1 heterocycles. The van der Waals surface area contributed by atoms with Gasteiger partial charge in [0.2, 0.25) is 0 Å². The average Bonchev–Trinajstić information content (AvgIpc) is 2.49. The Morgan fingerprint density at radius 2 is 2.05 bits per heavy atom. The van der Waals surface area contributed by atoms with Gasteiger partial charge in [-0.2, -0.15) is 0 Å². The molecule has 2 aromatic rings. The van der Waals surface area contributed by atoms with Crippen molar-refractivity contribution in [3.8, 4) is 0 Å². The average molecular weight is 309 g/mol. The summed E-state index contributed by atoms with van der Waals surface area (Å²) in [6, 6.07) is 6.26. The minimum atomic E-state index is -0.742. The summed E-state index contributed by atoms with van der Waals surface area (Å²) in [6.07, 6.45) is 0. The van der Waals surface area contributed by atoms with E-state index in [1.54, 1.807) is 24.3 Å². The van der Waals surface area contributed by atoms with Crippen LogP contribution < -0.4 is 5.56 Å². The van der Waals surface area contributed by atoms with E-state index in [-0.39, 0.29) is 17.4 Å². The molecule has 0 aliphatic rings. The highest BCUT2D eigenvalue weighted by Crippen LogP contribution is 2.21. The number of benzene rings is 1. The molecule has 1 aromatic carbocycles. The van der Waals surface area contributed by atoms with E-state index in [2.05, 4.69) is 4.98 Å². The van der Waals surface area contributed by atoms with Gasteiger partial charge >= 0.3 is 5.97 Å². The molecule has 0 bridgehead atoms. The van der Waals surface area contributed by atoms with Crippen molar-refractivity contribution in [1.82, 2.24) is 9.55 Å². The van der Waals surface area contributed by atoms with E-state index in [1.807, 2.05) is 13.8 Å². The molecule has 6 heteroatoms. The molecule has 0 amide bonds. The van der Waals surface area contributed by atoms with Crippen LogP contribution in [0.5, 0.6) is 0 Å². The number of esters is 1. The molecule has 112 valence electrons. The first-order valence-corrected chi connectivity index (χ1v) is 7.18. The number of halogens is 1. The maximum Gasteiger partial charge on any atom is 0.329 e. The van der Waals surface area contributed by atoms with Crippen molar-refractivity contribution in [2.45, 2.75) is 25.8 Å². The fourth-order valence-electron chi connectivity index (χ4n) is 2.37. The lowest BCUT2D eigenvalue weighted by Gasteiger charge is -2.23. The van der Waals surface area contributed by atoms with Gasteiger partial charge in [0.05, 0.1) is 23.9 Å². The number of aromatic nitrogens is 2. The summed E-state index contributed by atoms with van der Waals surface area (Å²) in [4.78, 5) is 29.2. The molecule has 1 aromatic heterocycles. The van der Waals surface area contributed by atoms with Crippen LogP contribution in [0.1, 0.15) is 25.7 Å². The van der Waals surface area contributed by atoms with Crippen LogP contribution in [-0.2, 0) is 15.4 Å². The van der Waals surface area contributed by atoms with E-state index in [0.717, 1.165) is 0 Å². The smallest absolute Gasteiger partial charge is 0.329 e. The van der Waals surface area contributed by atoms with Crippen molar-refractivity contribution >= 4 is 28.5 Å². The number of hydrogen-bond donors (Lipinski definition) is 0. The molecule has 5 nitrogen and oxygen atoms in total. The molecular formula is C15H17ClN2O3. The second-order valence-corrected chi connectivity index (χ2v) is 5.33. The summed E-state index contributed by atoms with van der Waals surface area (Å²) in [5.74, 6) is -0.194. The summed E-state index contributed by atoms with van der Waals surface area (Å²) < 4.78 is 6.18. The largest absolute Gasteiger partial charge is 0.467 e. The highest BCUT2D eigenvalue weighted by atomic mass is 35.5. The minimum absolute atomic E-state index is 0.0420. The summed E-state index contributed by atoms with van der Waals surface area (Å²) in [5, 5.41) is 0.459. The number of para-hydroxylation sites is 1. The third kappa shape index (κ3) is 2.78. The third-order valence-corrected chi connectivity index (χ3v) is 3.59. The van der Waals surface area contributed by atoms with Crippen molar-refractivity contribution in [2.24, 2.45) is 5.92 Å². The van der Waals surface area contributed by atoms with Gasteiger partial charge in [-0.15, -0.1) is 11.6 Å². The second-order valence-electron chi connectivity index (χ2n) is 5.07. The second kappa shape index (κ2) is 6.26. The van der Waals surface area contributed by atoms with Crippen LogP contribution >= 0.6 is 11.6 Å². The zero-order valence-electron chi connectivity index (χ0n) is 12.2. The van der Waals surface area contributed by atoms with Crippen LogP contribution in [0.4, 0.5) is 0 Å². The SMILES string of the molecule is COC(=O)C(C(C)C)n1c(CCl)nc2ccccc2c1=O. The summed E-state index contributed by atoms with van der Waals surface area (Å²) in [5.41, 5.74) is 0.294. The number of carbonyl (C=O) groups excluding carboxylic acids is 1. The number of alkyl halides is 1. The van der Waals surface area contributed by atoms with Gasteiger partial charge in [0, 0.05) is 0 Å². The Labute approximate surface area is 127 Å². The molecule has 0 spiro atoms. The van der Waals surface area contributed by atoms with Crippen LogP contribution in [0.15, 0.2) is 29.1 Å². The van der Waals surface area contributed by atoms with E-state index < -0.39 is 12.0 Å². The Bertz CT molecular complexity index is 724. The van der Waals surface area contributed by atoms with Crippen LogP contribution in [-0.4, -0.2) is 22.6 Å². The molecule has 21 heavy (non-hydrogen) atoms. The number of methoxy groups -OCH3 is 1. The molecule has 0 aliphatic heterocycles. The van der Waals surface area contributed by atoms with Crippen molar-refractivity contribution in [2.75, 3.05) is 7.11 Å². The maximum absolute atomic E-state index is 12.7. The van der Waals surface area contributed by atoms with Gasteiger partial charge in [-0.3, -0.25) is 9.36 Å². The first kappa shape index (κ1) is 15.5. The Hall–Kier alpha value is -1.88. The fraction of sp³-hybridized carbons (Fsp3) is 0.400. The molecule has 0 fully saturated rings. The van der Waals surface area contributed by atoms with Crippen LogP contribution in [0.2, 0.25) is 0 Å². The molecular weight excluding hydrogens is 292 g/mol. The van der Waals surface area contributed by atoms with Crippen molar-refractivity contribution in [1.29, 1.82) is 0 Å². The standard InChI is InChI=1S/C15H17ClN2O3/c1-9(2)13(15(20)21-3)18-12(8-16)17-11-7-5-4-6-10(11)14(18)19/h4-7,9,13H,8H2,1-3H3. The van der Waals surface area contributed by atoms with E-state index >= 15 is 0 Å². The van der Waals surface area contributed by atoms with Crippen molar-refractivity contribution in [3.05, 3.63) is 40.4 Å². The maximum atomic E-state index is 12.7. The van der Waals surface area contributed by atoms with Crippen LogP contribution in [0.3, 0.4) is 0 Å². The van der Waals surface area contributed by atoms with E-state index in [1.165, 1.54) is 11.7 Å². The highest BCUT2D eigenvalue weighted by molar-refractivity contribution is 6.16. The molecule has 0 radical (unpaired) electrons. The minimum Gasteiger partial charge on any atom is -0.467 e. The number of carbonyl (C=O) groups is 1. The molecule has 1 atom stereocenters. The Balaban J connectivity index is 2.80. The van der Waals surface area contributed by atoms with Gasteiger partial charge in [-0.05, 0) is 18.1 Å². The third-order valence-electron chi connectivity index (χ3n) is 3.35. The molecule has 0 saturated heterocycles. The number of ether oxygens (including phenoxy) is 1. The van der Waals surface area contributed by atoms with Crippen LogP contribution in [0.25, 0.3) is 10.9 Å². The van der Waals surface area contributed by atoms with Crippen molar-refractivity contribution < 1.29 is 9.53 Å². The topological polar surface area (TPSA) is 61.2 Å². The van der Waals surface area contributed by atoms with E-state index in [9.17, 15) is 9.59 Å². The zero-order valence-corrected chi connectivity index (χ0v) is 12.9. The number of nitrogens with zero attached hydrogens (tertiary/aromatic N) is 2.